The fraction of sp³-hybridized carbons (Fsp3) is 0.333. The lowest BCUT2D eigenvalue weighted by Crippen LogP contribution is -2.28. The first kappa shape index (κ1) is 7.73. The van der Waals surface area contributed by atoms with Gasteiger partial charge in [0.1, 0.15) is 0 Å². The molecular formula is C9H12N2O. The highest BCUT2D eigenvalue weighted by Gasteiger charge is 2.34. The Hall–Kier alpha value is -0.900. The van der Waals surface area contributed by atoms with E-state index in [1.807, 2.05) is 24.3 Å². The Morgan fingerprint density at radius 1 is 1.00 bits per heavy atom. The zero-order valence-electron chi connectivity index (χ0n) is 6.64. The highest BCUT2D eigenvalue weighted by atomic mass is 16.3. The normalized spacial score (nSPS) is 33.4. The minimum Gasteiger partial charge on any atom is -0.389 e. The SMILES string of the molecule is N[C@@H]1c2ccccc2[C@H](N)C1O. The Labute approximate surface area is 71.0 Å². The summed E-state index contributed by atoms with van der Waals surface area (Å²) in [5.41, 5.74) is 13.4. The minimum atomic E-state index is -0.637. The van der Waals surface area contributed by atoms with Crippen LogP contribution in [0.4, 0.5) is 0 Å². The molecule has 2 rings (SSSR count). The third-order valence-corrected chi connectivity index (χ3v) is 2.45. The van der Waals surface area contributed by atoms with Crippen LogP contribution in [0.5, 0.6) is 0 Å². The van der Waals surface area contributed by atoms with E-state index in [0.29, 0.717) is 0 Å². The molecule has 0 radical (unpaired) electrons. The van der Waals surface area contributed by atoms with Crippen LogP contribution in [-0.4, -0.2) is 11.2 Å². The second-order valence-electron chi connectivity index (χ2n) is 3.17. The molecule has 0 aromatic heterocycles. The number of hydrogen-bond acceptors (Lipinski definition) is 3. The molecule has 0 fully saturated rings. The van der Waals surface area contributed by atoms with Gasteiger partial charge in [0.2, 0.25) is 0 Å². The maximum absolute atomic E-state index is 9.54. The second kappa shape index (κ2) is 2.55. The highest BCUT2D eigenvalue weighted by Crippen LogP contribution is 2.35. The largest absolute Gasteiger partial charge is 0.389 e. The van der Waals surface area contributed by atoms with Crippen LogP contribution < -0.4 is 11.5 Å². The predicted octanol–water partition coefficient (Wildman–Crippen LogP) is 0.0607. The maximum atomic E-state index is 9.54. The average Bonchev–Trinajstić information content (AvgIpc) is 2.33. The molecule has 0 spiro atoms. The van der Waals surface area contributed by atoms with Gasteiger partial charge in [-0.25, -0.2) is 0 Å². The van der Waals surface area contributed by atoms with Crippen molar-refractivity contribution in [1.82, 2.24) is 0 Å². The van der Waals surface area contributed by atoms with Gasteiger partial charge in [-0.2, -0.15) is 0 Å². The van der Waals surface area contributed by atoms with E-state index in [4.69, 9.17) is 11.5 Å². The summed E-state index contributed by atoms with van der Waals surface area (Å²) < 4.78 is 0. The van der Waals surface area contributed by atoms with Crippen LogP contribution in [0.15, 0.2) is 24.3 Å². The summed E-state index contributed by atoms with van der Waals surface area (Å²) in [6.07, 6.45) is -0.637. The van der Waals surface area contributed by atoms with Gasteiger partial charge in [0, 0.05) is 0 Å². The van der Waals surface area contributed by atoms with Crippen molar-refractivity contribution in [1.29, 1.82) is 0 Å². The molecule has 0 saturated carbocycles. The van der Waals surface area contributed by atoms with Gasteiger partial charge >= 0.3 is 0 Å². The van der Waals surface area contributed by atoms with Crippen molar-refractivity contribution < 1.29 is 5.11 Å². The molecule has 5 N–H and O–H groups in total. The zero-order chi connectivity index (χ0) is 8.72. The van der Waals surface area contributed by atoms with E-state index >= 15 is 0 Å². The Morgan fingerprint density at radius 3 is 1.83 bits per heavy atom. The molecule has 0 saturated heterocycles. The van der Waals surface area contributed by atoms with E-state index in [1.165, 1.54) is 0 Å². The fourth-order valence-corrected chi connectivity index (χ4v) is 1.71. The standard InChI is InChI=1S/C9H12N2O/c10-7-5-3-1-2-4-6(5)8(11)9(7)12/h1-4,7-9,12H,10-11H2/t7-,8+,9?. The van der Waals surface area contributed by atoms with Crippen molar-refractivity contribution >= 4 is 0 Å². The van der Waals surface area contributed by atoms with Gasteiger partial charge in [0.15, 0.2) is 0 Å². The molecular weight excluding hydrogens is 152 g/mol. The van der Waals surface area contributed by atoms with Crippen LogP contribution in [0.1, 0.15) is 23.2 Å². The van der Waals surface area contributed by atoms with E-state index in [1.54, 1.807) is 0 Å². The van der Waals surface area contributed by atoms with Gasteiger partial charge in [-0.15, -0.1) is 0 Å². The number of aliphatic hydroxyl groups excluding tert-OH is 1. The Balaban J connectivity index is 2.52. The van der Waals surface area contributed by atoms with Gasteiger partial charge in [-0.05, 0) is 11.1 Å². The summed E-state index contributed by atoms with van der Waals surface area (Å²) in [5.74, 6) is 0. The minimum absolute atomic E-state index is 0.323. The second-order valence-corrected chi connectivity index (χ2v) is 3.17. The summed E-state index contributed by atoms with van der Waals surface area (Å²) in [6, 6.07) is 6.99. The molecule has 1 aliphatic carbocycles. The maximum Gasteiger partial charge on any atom is 0.0925 e. The molecule has 0 bridgehead atoms. The van der Waals surface area contributed by atoms with Crippen molar-refractivity contribution in [3.63, 3.8) is 0 Å². The summed E-state index contributed by atoms with van der Waals surface area (Å²) in [4.78, 5) is 0. The molecule has 3 atom stereocenters. The molecule has 3 heteroatoms. The van der Waals surface area contributed by atoms with E-state index in [0.717, 1.165) is 11.1 Å². The quantitative estimate of drug-likeness (QED) is 0.507. The molecule has 0 aliphatic heterocycles. The van der Waals surface area contributed by atoms with E-state index < -0.39 is 6.10 Å². The first-order valence-corrected chi connectivity index (χ1v) is 4.00. The molecule has 64 valence electrons. The molecule has 1 aliphatic rings. The van der Waals surface area contributed by atoms with E-state index in [9.17, 15) is 5.11 Å². The van der Waals surface area contributed by atoms with Crippen molar-refractivity contribution in [2.75, 3.05) is 0 Å². The smallest absolute Gasteiger partial charge is 0.0925 e. The molecule has 1 unspecified atom stereocenters. The van der Waals surface area contributed by atoms with Crippen molar-refractivity contribution in [2.45, 2.75) is 18.2 Å². The summed E-state index contributed by atoms with van der Waals surface area (Å²) >= 11 is 0. The van der Waals surface area contributed by atoms with Gasteiger partial charge in [0.25, 0.3) is 0 Å². The van der Waals surface area contributed by atoms with Gasteiger partial charge in [-0.3, -0.25) is 0 Å². The lowest BCUT2D eigenvalue weighted by Gasteiger charge is -2.12. The number of aliphatic hydroxyl groups is 1. The molecule has 1 aromatic carbocycles. The van der Waals surface area contributed by atoms with Crippen molar-refractivity contribution in [3.8, 4) is 0 Å². The highest BCUT2D eigenvalue weighted by molar-refractivity contribution is 5.39. The molecule has 1 aromatic rings. The van der Waals surface area contributed by atoms with Crippen LogP contribution in [0, 0.1) is 0 Å². The van der Waals surface area contributed by atoms with E-state index in [2.05, 4.69) is 0 Å². The topological polar surface area (TPSA) is 72.3 Å². The summed E-state index contributed by atoms with van der Waals surface area (Å²) in [7, 11) is 0. The van der Waals surface area contributed by atoms with Crippen molar-refractivity contribution in [3.05, 3.63) is 35.4 Å². The molecule has 0 amide bonds. The van der Waals surface area contributed by atoms with Gasteiger partial charge < -0.3 is 16.6 Å². The third-order valence-electron chi connectivity index (χ3n) is 2.45. The number of hydrogen-bond donors (Lipinski definition) is 3. The predicted molar refractivity (Wildman–Crippen MR) is 46.3 cm³/mol. The summed E-state index contributed by atoms with van der Waals surface area (Å²) in [6.45, 7) is 0. The lowest BCUT2D eigenvalue weighted by atomic mass is 10.1. The first-order chi connectivity index (χ1) is 5.72. The van der Waals surface area contributed by atoms with Crippen molar-refractivity contribution in [2.24, 2.45) is 11.5 Å². The Bertz CT molecular complexity index is 271. The number of nitrogens with two attached hydrogens (primary N) is 2. The number of fused-ring (bicyclic) bond motifs is 1. The van der Waals surface area contributed by atoms with Gasteiger partial charge in [-0.1, -0.05) is 24.3 Å². The number of rotatable bonds is 0. The lowest BCUT2D eigenvalue weighted by molar-refractivity contribution is 0.132. The van der Waals surface area contributed by atoms with Crippen LogP contribution in [0.3, 0.4) is 0 Å². The fourth-order valence-electron chi connectivity index (χ4n) is 1.71. The van der Waals surface area contributed by atoms with Crippen LogP contribution in [0.25, 0.3) is 0 Å². The van der Waals surface area contributed by atoms with Crippen LogP contribution >= 0.6 is 0 Å². The average molecular weight is 164 g/mol. The monoisotopic (exact) mass is 164 g/mol. The molecule has 3 nitrogen and oxygen atoms in total. The first-order valence-electron chi connectivity index (χ1n) is 4.00. The van der Waals surface area contributed by atoms with Gasteiger partial charge in [0.05, 0.1) is 18.2 Å². The molecule has 0 heterocycles. The Morgan fingerprint density at radius 2 is 1.42 bits per heavy atom. The van der Waals surface area contributed by atoms with Crippen LogP contribution in [-0.2, 0) is 0 Å². The molecule has 12 heavy (non-hydrogen) atoms. The number of benzene rings is 1. The Kier molecular flexibility index (Phi) is 1.65. The summed E-state index contributed by atoms with van der Waals surface area (Å²) in [5, 5.41) is 9.54. The zero-order valence-corrected chi connectivity index (χ0v) is 6.64. The van der Waals surface area contributed by atoms with Crippen LogP contribution in [0.2, 0.25) is 0 Å². The third kappa shape index (κ3) is 0.876. The van der Waals surface area contributed by atoms with E-state index in [-0.39, 0.29) is 12.1 Å².